The molecule has 0 spiro atoms. The van der Waals surface area contributed by atoms with Crippen LogP contribution in [0.5, 0.6) is 5.75 Å². The number of hydrogen-bond acceptors (Lipinski definition) is 7. The third-order valence-electron chi connectivity index (χ3n) is 13.2. The van der Waals surface area contributed by atoms with Crippen molar-refractivity contribution in [3.8, 4) is 17.1 Å². The molecule has 1 amide bonds. The number of ether oxygens (including phenoxy) is 2. The van der Waals surface area contributed by atoms with Gasteiger partial charge in [0.1, 0.15) is 17.4 Å². The predicted octanol–water partition coefficient (Wildman–Crippen LogP) is 7.75. The van der Waals surface area contributed by atoms with Crippen LogP contribution in [0.4, 0.5) is 22.0 Å². The highest BCUT2D eigenvalue weighted by Gasteiger charge is 2.57. The average molecular weight is 774 g/mol. The van der Waals surface area contributed by atoms with Crippen molar-refractivity contribution < 1.29 is 46.1 Å². The molecule has 10 nitrogen and oxygen atoms in total. The van der Waals surface area contributed by atoms with Crippen molar-refractivity contribution in [1.82, 2.24) is 24.8 Å². The number of benzene rings is 1. The lowest BCUT2D eigenvalue weighted by atomic mass is 9.56. The van der Waals surface area contributed by atoms with Crippen LogP contribution in [0, 0.1) is 23.7 Å². The Labute approximate surface area is 316 Å². The van der Waals surface area contributed by atoms with Gasteiger partial charge in [-0.25, -0.2) is 23.5 Å². The van der Waals surface area contributed by atoms with Crippen molar-refractivity contribution in [1.29, 1.82) is 0 Å². The summed E-state index contributed by atoms with van der Waals surface area (Å²) in [5.41, 5.74) is -3.24. The van der Waals surface area contributed by atoms with Gasteiger partial charge in [-0.15, -0.1) is 0 Å². The predicted molar refractivity (Wildman–Crippen MR) is 192 cm³/mol. The van der Waals surface area contributed by atoms with Crippen molar-refractivity contribution in [3.05, 3.63) is 41.9 Å². The Kier molecular flexibility index (Phi) is 9.87. The number of carboxylic acid groups (broad SMARTS) is 1. The van der Waals surface area contributed by atoms with Gasteiger partial charge in [0.25, 0.3) is 5.91 Å². The first kappa shape index (κ1) is 38.0. The van der Waals surface area contributed by atoms with E-state index >= 15 is 0 Å². The van der Waals surface area contributed by atoms with Crippen LogP contribution < -0.4 is 10.1 Å². The first-order valence-electron chi connectivity index (χ1n) is 19.6. The number of halogens is 5. The second kappa shape index (κ2) is 14.3. The summed E-state index contributed by atoms with van der Waals surface area (Å²) in [6.45, 7) is 6.94. The highest BCUT2D eigenvalue weighted by molar-refractivity contribution is 6.00. The summed E-state index contributed by atoms with van der Waals surface area (Å²) < 4.78 is 86.6. The maximum absolute atomic E-state index is 14.9. The van der Waals surface area contributed by atoms with Crippen molar-refractivity contribution in [2.24, 2.45) is 23.7 Å². The second-order valence-electron chi connectivity index (χ2n) is 16.9. The standard InChI is InChI=1S/C40H48F5N5O5/c1-22-13-24-15-23(2)39(37(52)53,25(14-22)16-24)48-36(51)31-18-46-35(47-34(31)40(43,44)45)32-19-50(26-5-9-38(41,42)10-6-26)33-4-3-29(17-30(32)33)55-28-7-11-49(12-8-28)27-20-54-21-27/h3-4,17-19,22-28H,5-16,20-21H2,1-2H3,(H,48,51)(H,52,53). The van der Waals surface area contributed by atoms with Gasteiger partial charge in [0.2, 0.25) is 5.92 Å². The van der Waals surface area contributed by atoms with Crippen LogP contribution in [0.3, 0.4) is 0 Å². The van der Waals surface area contributed by atoms with Crippen molar-refractivity contribution in [2.75, 3.05) is 26.3 Å². The monoisotopic (exact) mass is 773 g/mol. The van der Waals surface area contributed by atoms with Gasteiger partial charge in [-0.2, -0.15) is 13.2 Å². The number of likely N-dealkylation sites (tertiary alicyclic amines) is 1. The third kappa shape index (κ3) is 7.19. The molecule has 5 atom stereocenters. The largest absolute Gasteiger partial charge is 0.490 e. The Morgan fingerprint density at radius 2 is 1.73 bits per heavy atom. The summed E-state index contributed by atoms with van der Waals surface area (Å²) in [7, 11) is 0. The summed E-state index contributed by atoms with van der Waals surface area (Å²) in [5, 5.41) is 13.6. The molecule has 3 saturated carbocycles. The number of alkyl halides is 5. The molecular formula is C40H48F5N5O5. The molecule has 2 saturated heterocycles. The van der Waals surface area contributed by atoms with Crippen LogP contribution >= 0.6 is 0 Å². The van der Waals surface area contributed by atoms with Gasteiger partial charge in [0, 0.05) is 60.8 Å². The number of aliphatic carboxylic acids is 1. The second-order valence-corrected chi connectivity index (χ2v) is 16.9. The average Bonchev–Trinajstić information content (AvgIpc) is 3.48. The van der Waals surface area contributed by atoms with Crippen molar-refractivity contribution in [3.63, 3.8) is 0 Å². The molecule has 8 rings (SSSR count). The van der Waals surface area contributed by atoms with Crippen molar-refractivity contribution in [2.45, 2.75) is 114 Å². The molecule has 298 valence electrons. The highest BCUT2D eigenvalue weighted by atomic mass is 19.4. The van der Waals surface area contributed by atoms with Gasteiger partial charge in [-0.05, 0) is 93.2 Å². The van der Waals surface area contributed by atoms with Gasteiger partial charge in [-0.3, -0.25) is 9.69 Å². The minimum atomic E-state index is -5.09. The number of aromatic nitrogens is 3. The van der Waals surface area contributed by atoms with E-state index in [1.807, 2.05) is 11.5 Å². The van der Waals surface area contributed by atoms with Crippen molar-refractivity contribution >= 4 is 22.8 Å². The van der Waals surface area contributed by atoms with Gasteiger partial charge in [0.05, 0.1) is 24.8 Å². The van der Waals surface area contributed by atoms with E-state index in [4.69, 9.17) is 9.47 Å². The topological polar surface area (TPSA) is 119 Å². The van der Waals surface area contributed by atoms with E-state index < -0.39 is 52.6 Å². The molecule has 5 aliphatic rings. The van der Waals surface area contributed by atoms with Crippen LogP contribution in [0.25, 0.3) is 22.3 Å². The van der Waals surface area contributed by atoms with E-state index in [-0.39, 0.29) is 55.1 Å². The number of piperidine rings is 1. The van der Waals surface area contributed by atoms with E-state index in [2.05, 4.69) is 20.2 Å². The zero-order valence-corrected chi connectivity index (χ0v) is 31.1. The van der Waals surface area contributed by atoms with Gasteiger partial charge < -0.3 is 24.5 Å². The SMILES string of the molecule is CC1CC2CC(C)C(NC(=O)c3cnc(-c4cn(C5CCC(F)(F)CC5)c5ccc(OC6CCN(C7COC7)CC6)cc45)nc3C(F)(F)F)(C(=O)O)C(C1)C2. The molecule has 0 radical (unpaired) electrons. The first-order valence-corrected chi connectivity index (χ1v) is 19.6. The molecule has 2 N–H and O–H groups in total. The zero-order valence-electron chi connectivity index (χ0n) is 31.1. The molecule has 2 bridgehead atoms. The molecule has 2 aromatic heterocycles. The fourth-order valence-electron chi connectivity index (χ4n) is 10.3. The summed E-state index contributed by atoms with van der Waals surface area (Å²) in [5.74, 6) is -5.45. The van der Waals surface area contributed by atoms with Gasteiger partial charge in [0.15, 0.2) is 11.5 Å². The quantitative estimate of drug-likeness (QED) is 0.223. The Hall–Kier alpha value is -3.85. The normalized spacial score (nSPS) is 29.5. The number of carbonyl (C=O) groups is 2. The summed E-state index contributed by atoms with van der Waals surface area (Å²) in [4.78, 5) is 37.5. The number of amides is 1. The Morgan fingerprint density at radius 3 is 2.38 bits per heavy atom. The van der Waals surface area contributed by atoms with Crippen LogP contribution in [0.15, 0.2) is 30.6 Å². The Morgan fingerprint density at radius 1 is 1.00 bits per heavy atom. The highest BCUT2D eigenvalue weighted by Crippen LogP contribution is 2.51. The maximum atomic E-state index is 14.9. The lowest BCUT2D eigenvalue weighted by molar-refractivity contribution is -0.155. The molecule has 3 aromatic rings. The Balaban J connectivity index is 1.13. The number of carboxylic acids is 1. The minimum absolute atomic E-state index is 0.0737. The number of carbonyl (C=O) groups excluding carboxylic acids is 1. The maximum Gasteiger partial charge on any atom is 0.434 e. The number of hydrogen-bond donors (Lipinski definition) is 2. The fraction of sp³-hybridized carbons (Fsp3) is 0.650. The zero-order chi connectivity index (χ0) is 38.9. The van der Waals surface area contributed by atoms with E-state index in [0.717, 1.165) is 51.8 Å². The van der Waals surface area contributed by atoms with Crippen LogP contribution in [0.1, 0.15) is 100 Å². The smallest absolute Gasteiger partial charge is 0.434 e. The molecule has 15 heteroatoms. The third-order valence-corrected chi connectivity index (χ3v) is 13.2. The lowest BCUT2D eigenvalue weighted by Gasteiger charge is -2.52. The first-order chi connectivity index (χ1) is 26.1. The van der Waals surface area contributed by atoms with E-state index in [0.29, 0.717) is 47.9 Å². The summed E-state index contributed by atoms with van der Waals surface area (Å²) in [6.07, 6.45) is 1.20. The molecule has 5 unspecified atom stereocenters. The van der Waals surface area contributed by atoms with E-state index in [1.165, 1.54) is 0 Å². The number of nitrogens with one attached hydrogen (secondary N) is 1. The molecule has 55 heavy (non-hydrogen) atoms. The summed E-state index contributed by atoms with van der Waals surface area (Å²) in [6, 6.07) is 5.42. The van der Waals surface area contributed by atoms with Crippen LogP contribution in [0.2, 0.25) is 0 Å². The molecule has 1 aromatic carbocycles. The van der Waals surface area contributed by atoms with E-state index in [9.17, 15) is 36.6 Å². The van der Waals surface area contributed by atoms with E-state index in [1.54, 1.807) is 31.3 Å². The molecule has 3 aliphatic carbocycles. The molecule has 4 heterocycles. The molecule has 2 aliphatic heterocycles. The van der Waals surface area contributed by atoms with Crippen LogP contribution in [-0.2, 0) is 15.7 Å². The van der Waals surface area contributed by atoms with Gasteiger partial charge in [-0.1, -0.05) is 13.8 Å². The number of fused-ring (bicyclic) bond motifs is 3. The van der Waals surface area contributed by atoms with Crippen LogP contribution in [-0.4, -0.2) is 86.3 Å². The summed E-state index contributed by atoms with van der Waals surface area (Å²) >= 11 is 0. The number of rotatable bonds is 8. The minimum Gasteiger partial charge on any atom is -0.490 e. The fourth-order valence-corrected chi connectivity index (χ4v) is 10.3. The molecule has 5 fully saturated rings. The molecular weight excluding hydrogens is 725 g/mol. The lowest BCUT2D eigenvalue weighted by Crippen LogP contribution is -2.66. The number of nitrogens with zero attached hydrogens (tertiary/aromatic N) is 4. The Bertz CT molecular complexity index is 1930. The van der Waals surface area contributed by atoms with Gasteiger partial charge >= 0.3 is 12.1 Å².